The molecular formula is C18H21NO2S. The number of hydrogen-bond acceptors (Lipinski definition) is 3. The lowest BCUT2D eigenvalue weighted by molar-refractivity contribution is -0.128. The van der Waals surface area contributed by atoms with Gasteiger partial charge in [0, 0.05) is 36.4 Å². The Kier molecular flexibility index (Phi) is 5.42. The van der Waals surface area contributed by atoms with Crippen LogP contribution in [0, 0.1) is 11.8 Å². The number of rotatable bonds is 3. The van der Waals surface area contributed by atoms with Crippen molar-refractivity contribution < 1.29 is 9.53 Å². The summed E-state index contributed by atoms with van der Waals surface area (Å²) in [5.74, 6) is 7.89. The number of hydrogen-bond donors (Lipinski definition) is 0. The first-order chi connectivity index (χ1) is 10.8. The summed E-state index contributed by atoms with van der Waals surface area (Å²) in [4.78, 5) is 14.5. The molecule has 1 aromatic rings. The van der Waals surface area contributed by atoms with Crippen molar-refractivity contribution >= 4 is 17.7 Å². The van der Waals surface area contributed by atoms with Gasteiger partial charge in [0.1, 0.15) is 0 Å². The number of benzene rings is 1. The van der Waals surface area contributed by atoms with Gasteiger partial charge in [-0.05, 0) is 37.1 Å². The van der Waals surface area contributed by atoms with Crippen molar-refractivity contribution in [3.8, 4) is 11.8 Å². The molecule has 0 unspecified atom stereocenters. The van der Waals surface area contributed by atoms with Gasteiger partial charge in [0.15, 0.2) is 0 Å². The molecule has 2 saturated heterocycles. The lowest BCUT2D eigenvalue weighted by Crippen LogP contribution is -2.44. The van der Waals surface area contributed by atoms with Gasteiger partial charge < -0.3 is 9.64 Å². The molecule has 2 fully saturated rings. The first kappa shape index (κ1) is 15.5. The van der Waals surface area contributed by atoms with Gasteiger partial charge in [-0.15, -0.1) is 0 Å². The van der Waals surface area contributed by atoms with E-state index in [1.807, 2.05) is 47.0 Å². The van der Waals surface area contributed by atoms with Crippen LogP contribution in [0.15, 0.2) is 30.3 Å². The van der Waals surface area contributed by atoms with E-state index in [0.717, 1.165) is 42.9 Å². The van der Waals surface area contributed by atoms with Crippen molar-refractivity contribution in [2.45, 2.75) is 31.4 Å². The van der Waals surface area contributed by atoms with E-state index >= 15 is 0 Å². The summed E-state index contributed by atoms with van der Waals surface area (Å²) in [6, 6.07) is 9.99. The highest BCUT2D eigenvalue weighted by atomic mass is 32.2. The summed E-state index contributed by atoms with van der Waals surface area (Å²) in [5, 5.41) is 0. The van der Waals surface area contributed by atoms with Gasteiger partial charge in [0.2, 0.25) is 0 Å². The minimum atomic E-state index is -0.0631. The van der Waals surface area contributed by atoms with E-state index in [1.54, 1.807) is 0 Å². The molecule has 2 atom stereocenters. The maximum atomic E-state index is 12.6. The average molecular weight is 315 g/mol. The number of carbonyl (C=O) groups excluding carboxylic acids is 1. The molecule has 0 N–H and O–H groups in total. The second kappa shape index (κ2) is 7.71. The standard InChI is InChI=1S/C18H21NO2S/c20-18(9-8-15-5-2-1-3-6-15)19(16-10-12-22-14-16)13-17-7-4-11-21-17/h1-3,5-6,16-17H,4,7,10-14H2/t16-,17+/m1/s1. The zero-order valence-electron chi connectivity index (χ0n) is 12.7. The van der Waals surface area contributed by atoms with Crippen LogP contribution in [0.5, 0.6) is 0 Å². The van der Waals surface area contributed by atoms with Crippen LogP contribution in [-0.2, 0) is 9.53 Å². The Labute approximate surface area is 136 Å². The Morgan fingerprint density at radius 1 is 1.32 bits per heavy atom. The molecule has 0 bridgehead atoms. The van der Waals surface area contributed by atoms with Crippen molar-refractivity contribution in [3.05, 3.63) is 35.9 Å². The maximum Gasteiger partial charge on any atom is 0.299 e. The average Bonchev–Trinajstić information content (AvgIpc) is 3.24. The number of amides is 1. The molecule has 3 nitrogen and oxygen atoms in total. The first-order valence-corrected chi connectivity index (χ1v) is 9.05. The molecule has 0 spiro atoms. The Morgan fingerprint density at radius 2 is 2.18 bits per heavy atom. The van der Waals surface area contributed by atoms with Crippen molar-refractivity contribution in [2.75, 3.05) is 24.7 Å². The van der Waals surface area contributed by atoms with Crippen LogP contribution in [0.4, 0.5) is 0 Å². The predicted molar refractivity (Wildman–Crippen MR) is 89.7 cm³/mol. The molecular weight excluding hydrogens is 294 g/mol. The van der Waals surface area contributed by atoms with E-state index < -0.39 is 0 Å². The minimum Gasteiger partial charge on any atom is -0.376 e. The van der Waals surface area contributed by atoms with E-state index in [0.29, 0.717) is 12.6 Å². The van der Waals surface area contributed by atoms with Gasteiger partial charge in [-0.3, -0.25) is 4.79 Å². The van der Waals surface area contributed by atoms with Crippen molar-refractivity contribution in [1.29, 1.82) is 0 Å². The first-order valence-electron chi connectivity index (χ1n) is 7.90. The summed E-state index contributed by atoms with van der Waals surface area (Å²) >= 11 is 1.92. The smallest absolute Gasteiger partial charge is 0.299 e. The van der Waals surface area contributed by atoms with Crippen LogP contribution in [0.25, 0.3) is 0 Å². The number of carbonyl (C=O) groups is 1. The lowest BCUT2D eigenvalue weighted by atomic mass is 10.1. The van der Waals surface area contributed by atoms with E-state index in [2.05, 4.69) is 11.8 Å². The highest BCUT2D eigenvalue weighted by molar-refractivity contribution is 7.99. The van der Waals surface area contributed by atoms with E-state index in [4.69, 9.17) is 4.74 Å². The van der Waals surface area contributed by atoms with Gasteiger partial charge >= 0.3 is 0 Å². The van der Waals surface area contributed by atoms with Crippen LogP contribution in [0.1, 0.15) is 24.8 Å². The lowest BCUT2D eigenvalue weighted by Gasteiger charge is -2.28. The third-order valence-electron chi connectivity index (χ3n) is 4.12. The second-order valence-electron chi connectivity index (χ2n) is 5.73. The maximum absolute atomic E-state index is 12.6. The van der Waals surface area contributed by atoms with E-state index in [9.17, 15) is 4.79 Å². The zero-order chi connectivity index (χ0) is 15.2. The van der Waals surface area contributed by atoms with Gasteiger partial charge in [-0.1, -0.05) is 24.1 Å². The molecule has 4 heteroatoms. The quantitative estimate of drug-likeness (QED) is 0.803. The van der Waals surface area contributed by atoms with Gasteiger partial charge in [0.25, 0.3) is 5.91 Å². The van der Waals surface area contributed by atoms with Crippen LogP contribution in [0.3, 0.4) is 0 Å². The van der Waals surface area contributed by atoms with E-state index in [1.165, 1.54) is 0 Å². The van der Waals surface area contributed by atoms with Crippen molar-refractivity contribution in [2.24, 2.45) is 0 Å². The summed E-state index contributed by atoms with van der Waals surface area (Å²) in [5.41, 5.74) is 0.883. The SMILES string of the molecule is O=C(C#Cc1ccccc1)N(C[C@@H]1CCCO1)[C@@H]1CCSC1. The third-order valence-corrected chi connectivity index (χ3v) is 5.26. The number of ether oxygens (including phenoxy) is 1. The molecule has 0 saturated carbocycles. The van der Waals surface area contributed by atoms with Crippen molar-refractivity contribution in [3.63, 3.8) is 0 Å². The fourth-order valence-corrected chi connectivity index (χ4v) is 4.12. The van der Waals surface area contributed by atoms with Crippen molar-refractivity contribution in [1.82, 2.24) is 4.90 Å². The monoisotopic (exact) mass is 315 g/mol. The predicted octanol–water partition coefficient (Wildman–Crippen LogP) is 2.55. The summed E-state index contributed by atoms with van der Waals surface area (Å²) in [7, 11) is 0. The molecule has 3 rings (SSSR count). The fourth-order valence-electron chi connectivity index (χ4n) is 2.89. The van der Waals surface area contributed by atoms with Crippen LogP contribution < -0.4 is 0 Å². The molecule has 2 heterocycles. The normalized spacial score (nSPS) is 23.8. The molecule has 1 amide bonds. The number of nitrogens with zero attached hydrogens (tertiary/aromatic N) is 1. The highest BCUT2D eigenvalue weighted by Gasteiger charge is 2.29. The summed E-state index contributed by atoms with van der Waals surface area (Å²) < 4.78 is 5.71. The van der Waals surface area contributed by atoms with Crippen LogP contribution >= 0.6 is 11.8 Å². The van der Waals surface area contributed by atoms with Gasteiger partial charge in [-0.25, -0.2) is 0 Å². The van der Waals surface area contributed by atoms with E-state index in [-0.39, 0.29) is 12.0 Å². The molecule has 2 aliphatic rings. The molecule has 22 heavy (non-hydrogen) atoms. The van der Waals surface area contributed by atoms with Crippen LogP contribution in [-0.4, -0.2) is 47.6 Å². The van der Waals surface area contributed by atoms with Gasteiger partial charge in [-0.2, -0.15) is 11.8 Å². The molecule has 2 aliphatic heterocycles. The summed E-state index contributed by atoms with van der Waals surface area (Å²) in [6.45, 7) is 1.51. The molecule has 0 aliphatic carbocycles. The number of thioether (sulfide) groups is 1. The third kappa shape index (κ3) is 4.06. The molecule has 116 valence electrons. The second-order valence-corrected chi connectivity index (χ2v) is 6.88. The van der Waals surface area contributed by atoms with Crippen LogP contribution in [0.2, 0.25) is 0 Å². The largest absolute Gasteiger partial charge is 0.376 e. The zero-order valence-corrected chi connectivity index (χ0v) is 13.5. The minimum absolute atomic E-state index is 0.0631. The Hall–Kier alpha value is -1.44. The van der Waals surface area contributed by atoms with Gasteiger partial charge in [0.05, 0.1) is 6.10 Å². The Balaban J connectivity index is 1.70. The topological polar surface area (TPSA) is 29.5 Å². The Bertz CT molecular complexity index is 551. The highest BCUT2D eigenvalue weighted by Crippen LogP contribution is 2.24. The fraction of sp³-hybridized carbons (Fsp3) is 0.500. The molecule has 1 aromatic carbocycles. The Morgan fingerprint density at radius 3 is 2.86 bits per heavy atom. The molecule has 0 radical (unpaired) electrons. The summed E-state index contributed by atoms with van der Waals surface area (Å²) in [6.07, 6.45) is 3.40. The molecule has 0 aromatic heterocycles.